The van der Waals surface area contributed by atoms with Crippen molar-refractivity contribution in [3.8, 4) is 0 Å². The third-order valence-corrected chi connectivity index (χ3v) is 5.91. The third kappa shape index (κ3) is 5.40. The van der Waals surface area contributed by atoms with Crippen LogP contribution >= 0.6 is 0 Å². The summed E-state index contributed by atoms with van der Waals surface area (Å²) < 4.78 is 21.5. The Labute approximate surface area is 194 Å². The highest BCUT2D eigenvalue weighted by Gasteiger charge is 2.40. The molecular weight excluding hydrogens is 412 g/mol. The van der Waals surface area contributed by atoms with Gasteiger partial charge in [0.05, 0.1) is 26.4 Å². The molecule has 5 rings (SSSR count). The molecule has 0 radical (unpaired) electrons. The molecule has 5 heteroatoms. The molecule has 0 spiro atoms. The Bertz CT molecular complexity index is 1120. The summed E-state index contributed by atoms with van der Waals surface area (Å²) in [6, 6.07) is 30.6. The fourth-order valence-corrected chi connectivity index (χ4v) is 4.19. The lowest BCUT2D eigenvalue weighted by Crippen LogP contribution is -2.45. The van der Waals surface area contributed by atoms with Gasteiger partial charge in [0, 0.05) is 12.4 Å². The molecule has 2 heterocycles. The predicted octanol–water partition coefficient (Wildman–Crippen LogP) is 5.33. The molecule has 1 aromatic heterocycles. The van der Waals surface area contributed by atoms with Crippen molar-refractivity contribution in [2.45, 2.75) is 44.7 Å². The van der Waals surface area contributed by atoms with Crippen LogP contribution in [-0.4, -0.2) is 21.8 Å². The summed E-state index contributed by atoms with van der Waals surface area (Å²) in [5.74, 6) is 0.878. The van der Waals surface area contributed by atoms with Gasteiger partial charge in [-0.3, -0.25) is 0 Å². The van der Waals surface area contributed by atoms with Gasteiger partial charge in [-0.15, -0.1) is 0 Å². The van der Waals surface area contributed by atoms with Crippen molar-refractivity contribution in [1.29, 1.82) is 0 Å². The highest BCUT2D eigenvalue weighted by atomic mass is 16.6. The van der Waals surface area contributed by atoms with Gasteiger partial charge < -0.3 is 18.8 Å². The molecule has 33 heavy (non-hydrogen) atoms. The second-order valence-corrected chi connectivity index (χ2v) is 8.25. The monoisotopic (exact) mass is 440 g/mol. The maximum atomic E-state index is 6.49. The number of fused-ring (bicyclic) bond motifs is 1. The molecule has 1 aliphatic heterocycles. The first-order chi connectivity index (χ1) is 16.4. The number of nitrogens with zero attached hydrogens (tertiary/aromatic N) is 2. The molecule has 0 amide bonds. The normalized spacial score (nSPS) is 19.8. The number of hydrogen-bond acceptors (Lipinski definition) is 4. The van der Waals surface area contributed by atoms with E-state index in [1.807, 2.05) is 67.0 Å². The van der Waals surface area contributed by atoms with Crippen LogP contribution in [-0.2, 0) is 40.6 Å². The molecule has 0 aliphatic carbocycles. The van der Waals surface area contributed by atoms with E-state index in [1.54, 1.807) is 0 Å². The zero-order valence-corrected chi connectivity index (χ0v) is 18.5. The van der Waals surface area contributed by atoms with Crippen molar-refractivity contribution in [2.75, 3.05) is 0 Å². The quantitative estimate of drug-likeness (QED) is 0.353. The first-order valence-electron chi connectivity index (χ1n) is 11.3. The smallest absolute Gasteiger partial charge is 0.144 e. The molecule has 0 bridgehead atoms. The predicted molar refractivity (Wildman–Crippen MR) is 126 cm³/mol. The van der Waals surface area contributed by atoms with Gasteiger partial charge in [-0.2, -0.15) is 0 Å². The Morgan fingerprint density at radius 1 is 0.667 bits per heavy atom. The molecule has 0 fully saturated rings. The minimum atomic E-state index is -0.335. The highest BCUT2D eigenvalue weighted by Crippen LogP contribution is 2.33. The Kier molecular flexibility index (Phi) is 6.92. The van der Waals surface area contributed by atoms with Gasteiger partial charge in [-0.1, -0.05) is 91.0 Å². The average Bonchev–Trinajstić information content (AvgIpc) is 3.35. The lowest BCUT2D eigenvalue weighted by atomic mass is 10.0. The van der Waals surface area contributed by atoms with Crippen LogP contribution < -0.4 is 0 Å². The lowest BCUT2D eigenvalue weighted by molar-refractivity contribution is -0.171. The van der Waals surface area contributed by atoms with E-state index in [0.29, 0.717) is 26.4 Å². The molecular formula is C28H28N2O3. The van der Waals surface area contributed by atoms with Crippen molar-refractivity contribution in [3.05, 3.63) is 126 Å². The topological polar surface area (TPSA) is 45.5 Å². The molecule has 168 valence electrons. The Morgan fingerprint density at radius 2 is 1.18 bits per heavy atom. The zero-order valence-electron chi connectivity index (χ0n) is 18.5. The van der Waals surface area contributed by atoms with Crippen LogP contribution in [0.1, 0.15) is 28.6 Å². The molecule has 0 N–H and O–H groups in total. The summed E-state index contributed by atoms with van der Waals surface area (Å²) in [6.07, 6.45) is 3.02. The van der Waals surface area contributed by atoms with Crippen LogP contribution in [0.5, 0.6) is 0 Å². The summed E-state index contributed by atoms with van der Waals surface area (Å²) in [5, 5.41) is 0. The van der Waals surface area contributed by atoms with E-state index < -0.39 is 0 Å². The van der Waals surface area contributed by atoms with E-state index in [0.717, 1.165) is 22.5 Å². The van der Waals surface area contributed by atoms with Crippen LogP contribution in [0, 0.1) is 0 Å². The number of hydrogen-bond donors (Lipinski definition) is 0. The Morgan fingerprint density at radius 3 is 1.76 bits per heavy atom. The van der Waals surface area contributed by atoms with Crippen LogP contribution in [0.4, 0.5) is 0 Å². The van der Waals surface area contributed by atoms with Crippen molar-refractivity contribution in [2.24, 2.45) is 0 Å². The maximum absolute atomic E-state index is 6.49. The third-order valence-electron chi connectivity index (χ3n) is 5.91. The van der Waals surface area contributed by atoms with Gasteiger partial charge in [-0.25, -0.2) is 4.98 Å². The number of rotatable bonds is 9. The van der Waals surface area contributed by atoms with Gasteiger partial charge >= 0.3 is 0 Å². The maximum Gasteiger partial charge on any atom is 0.144 e. The minimum absolute atomic E-state index is 0.170. The second-order valence-electron chi connectivity index (χ2n) is 8.25. The van der Waals surface area contributed by atoms with E-state index in [2.05, 4.69) is 45.9 Å². The van der Waals surface area contributed by atoms with Gasteiger partial charge in [0.2, 0.25) is 0 Å². The molecule has 3 aromatic carbocycles. The summed E-state index contributed by atoms with van der Waals surface area (Å²) in [7, 11) is 0. The largest absolute Gasteiger partial charge is 0.369 e. The van der Waals surface area contributed by atoms with Crippen LogP contribution in [0.3, 0.4) is 0 Å². The van der Waals surface area contributed by atoms with Gasteiger partial charge in [0.15, 0.2) is 0 Å². The Balaban J connectivity index is 1.38. The van der Waals surface area contributed by atoms with Gasteiger partial charge in [0.1, 0.15) is 24.1 Å². The Hall–Kier alpha value is -3.25. The van der Waals surface area contributed by atoms with E-state index >= 15 is 0 Å². The van der Waals surface area contributed by atoms with Gasteiger partial charge in [0.25, 0.3) is 0 Å². The minimum Gasteiger partial charge on any atom is -0.369 e. The number of benzene rings is 3. The summed E-state index contributed by atoms with van der Waals surface area (Å²) in [4.78, 5) is 4.61. The lowest BCUT2D eigenvalue weighted by Gasteiger charge is -2.38. The average molecular weight is 441 g/mol. The number of imidazole rings is 1. The molecule has 4 aromatic rings. The van der Waals surface area contributed by atoms with Crippen molar-refractivity contribution >= 4 is 0 Å². The molecule has 0 saturated carbocycles. The first-order valence-corrected chi connectivity index (χ1v) is 11.3. The molecule has 0 unspecified atom stereocenters. The molecule has 3 atom stereocenters. The number of ether oxygens (including phenoxy) is 3. The van der Waals surface area contributed by atoms with Crippen LogP contribution in [0.15, 0.2) is 103 Å². The van der Waals surface area contributed by atoms with E-state index in [-0.39, 0.29) is 18.3 Å². The molecule has 1 aliphatic rings. The summed E-state index contributed by atoms with van der Waals surface area (Å²) in [6.45, 7) is 2.16. The summed E-state index contributed by atoms with van der Waals surface area (Å²) >= 11 is 0. The summed E-state index contributed by atoms with van der Waals surface area (Å²) in [5.41, 5.74) is 3.37. The molecule has 0 saturated heterocycles. The first kappa shape index (κ1) is 21.6. The van der Waals surface area contributed by atoms with Gasteiger partial charge in [-0.05, 0) is 16.7 Å². The standard InChI is InChI=1S/C28H28N2O3/c1-4-10-22(11-5-1)19-31-25-18-30-17-16-29-28(30)27(33-21-24-14-8-3-9-15-24)26(25)32-20-23-12-6-2-7-13-23/h1-17,25-27H,18-21H2/t25-,26-,27+/m0/s1. The zero-order chi connectivity index (χ0) is 22.3. The molecule has 5 nitrogen and oxygen atoms in total. The van der Waals surface area contributed by atoms with E-state index in [9.17, 15) is 0 Å². The van der Waals surface area contributed by atoms with Crippen molar-refractivity contribution < 1.29 is 14.2 Å². The fourth-order valence-electron chi connectivity index (χ4n) is 4.19. The SMILES string of the molecule is c1ccc(CO[C@H]2[C@@H](OCc3ccccc3)Cn3ccnc3[C@@H]2OCc2ccccc2)cc1. The second kappa shape index (κ2) is 10.6. The van der Waals surface area contributed by atoms with E-state index in [4.69, 9.17) is 14.2 Å². The van der Waals surface area contributed by atoms with E-state index in [1.165, 1.54) is 0 Å². The van der Waals surface area contributed by atoms with Crippen molar-refractivity contribution in [1.82, 2.24) is 9.55 Å². The highest BCUT2D eigenvalue weighted by molar-refractivity contribution is 5.16. The van der Waals surface area contributed by atoms with Crippen molar-refractivity contribution in [3.63, 3.8) is 0 Å². The fraction of sp³-hybridized carbons (Fsp3) is 0.250. The van der Waals surface area contributed by atoms with Crippen LogP contribution in [0.2, 0.25) is 0 Å². The van der Waals surface area contributed by atoms with Crippen LogP contribution in [0.25, 0.3) is 0 Å². The number of aromatic nitrogens is 2.